The molecule has 2 unspecified atom stereocenters. The Morgan fingerprint density at radius 3 is 2.62 bits per heavy atom. The number of aromatic nitrogens is 1. The number of carbonyl (C=O) groups is 3. The third kappa shape index (κ3) is 8.41. The summed E-state index contributed by atoms with van der Waals surface area (Å²) in [5, 5.41) is 40.4. The topological polar surface area (TPSA) is 185 Å². The highest BCUT2D eigenvalue weighted by Gasteiger charge is 2.23. The monoisotopic (exact) mass is 532 g/mol. The standard InChI is InChI=1S/C24H29ClN6O6/c1-24(2,37)15-3-13(4-16(25)6-15)19(7-21(34)35)31-20(33)12-27-22(36)14-5-17(9-26-8-14)30-23-28-10-18(32)11-29-23/h3-6,8-9,18-19,32,37H,7,10-12H2,1-2H3,(H,27,36)(H,31,33)(H,34,35)(H2,28,29,30). The van der Waals surface area contributed by atoms with Crippen molar-refractivity contribution in [3.8, 4) is 0 Å². The number of carbonyl (C=O) groups excluding carboxylic acids is 2. The summed E-state index contributed by atoms with van der Waals surface area (Å²) in [6, 6.07) is 5.22. The summed E-state index contributed by atoms with van der Waals surface area (Å²) in [6.45, 7) is 3.29. The highest BCUT2D eigenvalue weighted by molar-refractivity contribution is 6.30. The first-order chi connectivity index (χ1) is 17.4. The third-order valence-corrected chi connectivity index (χ3v) is 5.60. The molecular formula is C24H29ClN6O6. The van der Waals surface area contributed by atoms with Crippen LogP contribution in [0.3, 0.4) is 0 Å². The highest BCUT2D eigenvalue weighted by Crippen LogP contribution is 2.28. The second-order valence-corrected chi connectivity index (χ2v) is 9.48. The number of guanidine groups is 1. The van der Waals surface area contributed by atoms with Gasteiger partial charge in [0.15, 0.2) is 5.96 Å². The number of pyridine rings is 1. The van der Waals surface area contributed by atoms with Crippen LogP contribution in [0.4, 0.5) is 5.69 Å². The number of aliphatic imine (C=N–C) groups is 1. The molecule has 198 valence electrons. The van der Waals surface area contributed by atoms with Crippen molar-refractivity contribution in [2.24, 2.45) is 4.99 Å². The summed E-state index contributed by atoms with van der Waals surface area (Å²) in [4.78, 5) is 44.8. The van der Waals surface area contributed by atoms with E-state index in [9.17, 15) is 29.7 Å². The largest absolute Gasteiger partial charge is 0.481 e. The van der Waals surface area contributed by atoms with Crippen LogP contribution in [-0.2, 0) is 15.2 Å². The van der Waals surface area contributed by atoms with Crippen molar-refractivity contribution in [3.05, 3.63) is 58.4 Å². The molecule has 0 spiro atoms. The first-order valence-corrected chi connectivity index (χ1v) is 11.8. The van der Waals surface area contributed by atoms with Gasteiger partial charge in [-0.15, -0.1) is 0 Å². The van der Waals surface area contributed by atoms with Gasteiger partial charge in [0.1, 0.15) is 0 Å². The Morgan fingerprint density at radius 1 is 1.22 bits per heavy atom. The normalized spacial score (nSPS) is 16.1. The van der Waals surface area contributed by atoms with Crippen molar-refractivity contribution in [3.63, 3.8) is 0 Å². The van der Waals surface area contributed by atoms with Gasteiger partial charge < -0.3 is 36.6 Å². The van der Waals surface area contributed by atoms with E-state index in [4.69, 9.17) is 11.6 Å². The summed E-state index contributed by atoms with van der Waals surface area (Å²) in [5.74, 6) is -1.91. The molecule has 7 N–H and O–H groups in total. The predicted molar refractivity (Wildman–Crippen MR) is 136 cm³/mol. The van der Waals surface area contributed by atoms with Crippen molar-refractivity contribution < 1.29 is 29.7 Å². The zero-order valence-electron chi connectivity index (χ0n) is 20.3. The quantitative estimate of drug-likeness (QED) is 0.245. The van der Waals surface area contributed by atoms with Gasteiger partial charge in [-0.2, -0.15) is 0 Å². The maximum Gasteiger partial charge on any atom is 0.305 e. The van der Waals surface area contributed by atoms with E-state index in [2.05, 4.69) is 31.2 Å². The van der Waals surface area contributed by atoms with Gasteiger partial charge in [0.2, 0.25) is 5.91 Å². The lowest BCUT2D eigenvalue weighted by Gasteiger charge is -2.23. The zero-order valence-corrected chi connectivity index (χ0v) is 21.0. The molecule has 12 nitrogen and oxygen atoms in total. The molecule has 3 rings (SSSR count). The average molecular weight is 533 g/mol. The van der Waals surface area contributed by atoms with E-state index in [1.807, 2.05) is 0 Å². The molecule has 2 atom stereocenters. The van der Waals surface area contributed by atoms with Crippen LogP contribution >= 0.6 is 11.6 Å². The molecule has 2 aromatic rings. The smallest absolute Gasteiger partial charge is 0.305 e. The van der Waals surface area contributed by atoms with Crippen LogP contribution in [0.15, 0.2) is 41.7 Å². The lowest BCUT2D eigenvalue weighted by atomic mass is 9.93. The molecule has 13 heteroatoms. The number of anilines is 1. The third-order valence-electron chi connectivity index (χ3n) is 5.38. The molecule has 0 bridgehead atoms. The van der Waals surface area contributed by atoms with Crippen molar-refractivity contribution in [2.45, 2.75) is 38.0 Å². The Labute approximate surface area is 218 Å². The van der Waals surface area contributed by atoms with Gasteiger partial charge in [-0.3, -0.25) is 24.4 Å². The molecule has 0 saturated carbocycles. The van der Waals surface area contributed by atoms with Crippen LogP contribution in [0.1, 0.15) is 47.8 Å². The lowest BCUT2D eigenvalue weighted by molar-refractivity contribution is -0.137. The number of aliphatic hydroxyl groups excluding tert-OH is 1. The first kappa shape index (κ1) is 27.8. The van der Waals surface area contributed by atoms with E-state index in [-0.39, 0.29) is 17.1 Å². The van der Waals surface area contributed by atoms with Gasteiger partial charge in [0, 0.05) is 17.8 Å². The van der Waals surface area contributed by atoms with Gasteiger partial charge in [-0.1, -0.05) is 17.7 Å². The Hall–Kier alpha value is -3.74. The number of nitrogens with one attached hydrogen (secondary N) is 4. The summed E-state index contributed by atoms with van der Waals surface area (Å²) in [5.41, 5.74) is 0.288. The fourth-order valence-electron chi connectivity index (χ4n) is 3.49. The first-order valence-electron chi connectivity index (χ1n) is 11.4. The molecule has 0 fully saturated rings. The molecule has 1 aromatic carbocycles. The van der Waals surface area contributed by atoms with Gasteiger partial charge >= 0.3 is 5.97 Å². The van der Waals surface area contributed by atoms with Crippen LogP contribution in [0, 0.1) is 0 Å². The fourth-order valence-corrected chi connectivity index (χ4v) is 3.73. The molecule has 2 amide bonds. The van der Waals surface area contributed by atoms with Crippen molar-refractivity contribution in [1.82, 2.24) is 20.9 Å². The molecule has 1 aliphatic rings. The highest BCUT2D eigenvalue weighted by atomic mass is 35.5. The van der Waals surface area contributed by atoms with E-state index in [0.717, 1.165) is 0 Å². The lowest BCUT2D eigenvalue weighted by Crippen LogP contribution is -2.42. The van der Waals surface area contributed by atoms with Crippen LogP contribution in [-0.4, -0.2) is 69.8 Å². The Balaban J connectivity index is 1.64. The minimum Gasteiger partial charge on any atom is -0.481 e. The van der Waals surface area contributed by atoms with E-state index in [0.29, 0.717) is 29.3 Å². The molecule has 0 aliphatic carbocycles. The van der Waals surface area contributed by atoms with Crippen LogP contribution in [0.5, 0.6) is 0 Å². The number of carboxylic acid groups (broad SMARTS) is 1. The number of hydrogen-bond donors (Lipinski definition) is 7. The van der Waals surface area contributed by atoms with Crippen LogP contribution in [0.25, 0.3) is 0 Å². The second kappa shape index (κ2) is 12.0. The maximum absolute atomic E-state index is 12.6. The molecule has 0 saturated heterocycles. The fraction of sp³-hybridized carbons (Fsp3) is 0.375. The van der Waals surface area contributed by atoms with Gasteiger partial charge in [0.05, 0.1) is 54.7 Å². The van der Waals surface area contributed by atoms with Crippen molar-refractivity contribution in [1.29, 1.82) is 0 Å². The van der Waals surface area contributed by atoms with Crippen LogP contribution < -0.4 is 21.3 Å². The molecular weight excluding hydrogens is 504 g/mol. The molecule has 1 aromatic heterocycles. The summed E-state index contributed by atoms with van der Waals surface area (Å²) < 4.78 is 0. The Kier molecular flexibility index (Phi) is 9.03. The Morgan fingerprint density at radius 2 is 1.97 bits per heavy atom. The molecule has 37 heavy (non-hydrogen) atoms. The number of benzene rings is 1. The average Bonchev–Trinajstić information content (AvgIpc) is 2.82. The number of aliphatic carboxylic acids is 1. The van der Waals surface area contributed by atoms with Crippen molar-refractivity contribution >= 4 is 41.0 Å². The summed E-state index contributed by atoms with van der Waals surface area (Å²) in [6.07, 6.45) is 1.82. The number of rotatable bonds is 9. The zero-order chi connectivity index (χ0) is 27.2. The number of halogens is 1. The summed E-state index contributed by atoms with van der Waals surface area (Å²) in [7, 11) is 0. The number of carboxylic acids is 1. The summed E-state index contributed by atoms with van der Waals surface area (Å²) >= 11 is 6.16. The van der Waals surface area contributed by atoms with Gasteiger partial charge in [-0.05, 0) is 43.2 Å². The minimum absolute atomic E-state index is 0.181. The minimum atomic E-state index is -1.23. The van der Waals surface area contributed by atoms with E-state index < -0.39 is 48.5 Å². The van der Waals surface area contributed by atoms with Crippen LogP contribution in [0.2, 0.25) is 5.02 Å². The molecule has 0 radical (unpaired) electrons. The van der Waals surface area contributed by atoms with Gasteiger partial charge in [-0.25, -0.2) is 0 Å². The van der Waals surface area contributed by atoms with E-state index >= 15 is 0 Å². The maximum atomic E-state index is 12.6. The van der Waals surface area contributed by atoms with Crippen molar-refractivity contribution in [2.75, 3.05) is 25.0 Å². The number of β-amino-alcohol motifs (C(OH)–C–C–N with tert-alkyl or cyclic N) is 1. The second-order valence-electron chi connectivity index (χ2n) is 9.04. The van der Waals surface area contributed by atoms with E-state index in [1.54, 1.807) is 26.0 Å². The SMILES string of the molecule is CC(C)(O)c1cc(Cl)cc(C(CC(=O)O)NC(=O)CNC(=O)c2cncc(NC3=NCC(O)CN3)c2)c1. The van der Waals surface area contributed by atoms with Gasteiger partial charge in [0.25, 0.3) is 5.91 Å². The van der Waals surface area contributed by atoms with E-state index in [1.165, 1.54) is 24.5 Å². The molecule has 2 heterocycles. The molecule has 1 aliphatic heterocycles. The predicted octanol–water partition coefficient (Wildman–Crippen LogP) is 0.756. The number of aliphatic hydroxyl groups is 2. The number of hydrogen-bond acceptors (Lipinski definition) is 9. The Bertz CT molecular complexity index is 1200. The number of amides is 2. The number of nitrogens with zero attached hydrogens (tertiary/aromatic N) is 2.